The van der Waals surface area contributed by atoms with Gasteiger partial charge < -0.3 is 14.2 Å². The lowest BCUT2D eigenvalue weighted by molar-refractivity contribution is 0.0459. The van der Waals surface area contributed by atoms with Gasteiger partial charge in [0.15, 0.2) is 0 Å². The van der Waals surface area contributed by atoms with E-state index in [4.69, 9.17) is 9.26 Å². The Morgan fingerprint density at radius 2 is 2.26 bits per heavy atom. The summed E-state index contributed by atoms with van der Waals surface area (Å²) in [6.45, 7) is 10.7. The minimum atomic E-state index is 0.305. The number of ether oxygens (including phenoxy) is 1. The topological polar surface area (TPSA) is 56.3 Å². The van der Waals surface area contributed by atoms with Gasteiger partial charge in [-0.05, 0) is 33.3 Å². The van der Waals surface area contributed by atoms with Crippen molar-refractivity contribution in [1.82, 2.24) is 19.8 Å². The molecule has 1 aliphatic rings. The molecule has 3 rings (SSSR count). The summed E-state index contributed by atoms with van der Waals surface area (Å²) in [4.78, 5) is 2.48. The highest BCUT2D eigenvalue weighted by Crippen LogP contribution is 2.18. The third-order valence-corrected chi connectivity index (χ3v) is 4.66. The van der Waals surface area contributed by atoms with Crippen molar-refractivity contribution in [3.63, 3.8) is 0 Å². The number of hydrogen-bond acceptors (Lipinski definition) is 5. The van der Waals surface area contributed by atoms with E-state index >= 15 is 0 Å². The third-order valence-electron chi connectivity index (χ3n) is 4.66. The van der Waals surface area contributed by atoms with Crippen LogP contribution < -0.4 is 0 Å². The standard InChI is InChI=1S/C17H26N4O2/c1-4-21-15(5-8-18-21)6-9-20-10-7-16(11-20)22-12-17-13(2)19-23-14(17)3/h5,8,16H,4,6-7,9-12H2,1-3H3. The second kappa shape index (κ2) is 7.27. The van der Waals surface area contributed by atoms with Gasteiger partial charge in [0.2, 0.25) is 0 Å². The van der Waals surface area contributed by atoms with E-state index in [-0.39, 0.29) is 0 Å². The molecule has 0 spiro atoms. The van der Waals surface area contributed by atoms with Crippen LogP contribution >= 0.6 is 0 Å². The molecule has 0 aliphatic carbocycles. The highest BCUT2D eigenvalue weighted by Gasteiger charge is 2.23. The van der Waals surface area contributed by atoms with Gasteiger partial charge in [-0.2, -0.15) is 5.10 Å². The van der Waals surface area contributed by atoms with Crippen LogP contribution in [0.4, 0.5) is 0 Å². The molecule has 1 aliphatic heterocycles. The molecule has 3 heterocycles. The van der Waals surface area contributed by atoms with E-state index in [0.29, 0.717) is 12.7 Å². The lowest BCUT2D eigenvalue weighted by Crippen LogP contribution is -2.26. The van der Waals surface area contributed by atoms with Crippen LogP contribution in [0.15, 0.2) is 16.8 Å². The first kappa shape index (κ1) is 16.2. The summed E-state index contributed by atoms with van der Waals surface area (Å²) in [5.41, 5.74) is 3.34. The lowest BCUT2D eigenvalue weighted by Gasteiger charge is -2.16. The summed E-state index contributed by atoms with van der Waals surface area (Å²) in [5, 5.41) is 8.30. The van der Waals surface area contributed by atoms with Crippen molar-refractivity contribution in [2.24, 2.45) is 0 Å². The van der Waals surface area contributed by atoms with Crippen LogP contribution in [0.1, 0.15) is 36.1 Å². The van der Waals surface area contributed by atoms with Gasteiger partial charge in [0.1, 0.15) is 5.76 Å². The Morgan fingerprint density at radius 1 is 1.39 bits per heavy atom. The largest absolute Gasteiger partial charge is 0.372 e. The summed E-state index contributed by atoms with van der Waals surface area (Å²) in [5.74, 6) is 0.866. The molecule has 23 heavy (non-hydrogen) atoms. The first-order valence-electron chi connectivity index (χ1n) is 8.43. The quantitative estimate of drug-likeness (QED) is 0.784. The molecule has 2 aromatic heterocycles. The zero-order chi connectivity index (χ0) is 16.2. The molecule has 6 heteroatoms. The van der Waals surface area contributed by atoms with Crippen molar-refractivity contribution >= 4 is 0 Å². The number of aromatic nitrogens is 3. The smallest absolute Gasteiger partial charge is 0.139 e. The van der Waals surface area contributed by atoms with Crippen molar-refractivity contribution in [2.45, 2.75) is 52.9 Å². The van der Waals surface area contributed by atoms with Crippen molar-refractivity contribution in [3.8, 4) is 0 Å². The summed E-state index contributed by atoms with van der Waals surface area (Å²) < 4.78 is 13.3. The number of rotatable bonds is 7. The molecule has 0 saturated carbocycles. The molecule has 1 unspecified atom stereocenters. The maximum atomic E-state index is 6.06. The molecule has 6 nitrogen and oxygen atoms in total. The minimum absolute atomic E-state index is 0.305. The Bertz CT molecular complexity index is 615. The molecule has 0 N–H and O–H groups in total. The summed E-state index contributed by atoms with van der Waals surface area (Å²) in [7, 11) is 0. The molecule has 1 fully saturated rings. The van der Waals surface area contributed by atoms with E-state index in [9.17, 15) is 0 Å². The first-order chi connectivity index (χ1) is 11.2. The minimum Gasteiger partial charge on any atom is -0.372 e. The third kappa shape index (κ3) is 3.82. The van der Waals surface area contributed by atoms with Crippen molar-refractivity contribution in [2.75, 3.05) is 19.6 Å². The monoisotopic (exact) mass is 318 g/mol. The zero-order valence-electron chi connectivity index (χ0n) is 14.3. The van der Waals surface area contributed by atoms with Crippen molar-refractivity contribution in [3.05, 3.63) is 35.0 Å². The van der Waals surface area contributed by atoms with Gasteiger partial charge in [-0.15, -0.1) is 0 Å². The molecule has 1 atom stereocenters. The predicted octanol–water partition coefficient (Wildman–Crippen LogP) is 2.34. The molecule has 126 valence electrons. The summed E-state index contributed by atoms with van der Waals surface area (Å²) in [6.07, 6.45) is 4.33. The molecule has 0 bridgehead atoms. The Morgan fingerprint density at radius 3 is 3.00 bits per heavy atom. The van der Waals surface area contributed by atoms with E-state index in [1.165, 1.54) is 5.69 Å². The van der Waals surface area contributed by atoms with Crippen LogP contribution in [0.5, 0.6) is 0 Å². The average Bonchev–Trinajstić information content (AvgIpc) is 3.25. The van der Waals surface area contributed by atoms with Gasteiger partial charge >= 0.3 is 0 Å². The van der Waals surface area contributed by atoms with Crippen LogP contribution in [-0.2, 0) is 24.3 Å². The number of hydrogen-bond donors (Lipinski definition) is 0. The molecular weight excluding hydrogens is 292 g/mol. The maximum Gasteiger partial charge on any atom is 0.139 e. The summed E-state index contributed by atoms with van der Waals surface area (Å²) >= 11 is 0. The maximum absolute atomic E-state index is 6.06. The van der Waals surface area contributed by atoms with Crippen LogP contribution in [0.3, 0.4) is 0 Å². The number of likely N-dealkylation sites (tertiary alicyclic amines) is 1. The van der Waals surface area contributed by atoms with Gasteiger partial charge in [0, 0.05) is 50.1 Å². The molecule has 0 amide bonds. The van der Waals surface area contributed by atoms with Gasteiger partial charge in [0.05, 0.1) is 18.4 Å². The van der Waals surface area contributed by atoms with E-state index in [2.05, 4.69) is 32.8 Å². The van der Waals surface area contributed by atoms with Gasteiger partial charge in [-0.1, -0.05) is 5.16 Å². The fourth-order valence-corrected chi connectivity index (χ4v) is 3.18. The van der Waals surface area contributed by atoms with E-state index in [1.807, 2.05) is 20.0 Å². The Labute approximate surface area is 137 Å². The van der Waals surface area contributed by atoms with Crippen LogP contribution in [0.2, 0.25) is 0 Å². The molecular formula is C17H26N4O2. The molecule has 2 aromatic rings. The molecule has 0 radical (unpaired) electrons. The Hall–Kier alpha value is -1.66. The van der Waals surface area contributed by atoms with E-state index < -0.39 is 0 Å². The van der Waals surface area contributed by atoms with Crippen LogP contribution in [0.25, 0.3) is 0 Å². The van der Waals surface area contributed by atoms with Gasteiger partial charge in [-0.25, -0.2) is 0 Å². The number of aryl methyl sites for hydroxylation is 3. The first-order valence-corrected chi connectivity index (χ1v) is 8.43. The average molecular weight is 318 g/mol. The van der Waals surface area contributed by atoms with Gasteiger partial charge in [-0.3, -0.25) is 4.68 Å². The van der Waals surface area contributed by atoms with Crippen LogP contribution in [0, 0.1) is 13.8 Å². The molecule has 0 aromatic carbocycles. The van der Waals surface area contributed by atoms with E-state index in [0.717, 1.165) is 56.0 Å². The lowest BCUT2D eigenvalue weighted by atomic mass is 10.2. The Kier molecular flexibility index (Phi) is 5.13. The fourth-order valence-electron chi connectivity index (χ4n) is 3.18. The van der Waals surface area contributed by atoms with E-state index in [1.54, 1.807) is 0 Å². The second-order valence-corrected chi connectivity index (χ2v) is 6.21. The second-order valence-electron chi connectivity index (χ2n) is 6.21. The normalized spacial score (nSPS) is 18.8. The fraction of sp³-hybridized carbons (Fsp3) is 0.647. The summed E-state index contributed by atoms with van der Waals surface area (Å²) in [6, 6.07) is 2.12. The van der Waals surface area contributed by atoms with Crippen molar-refractivity contribution in [1.29, 1.82) is 0 Å². The highest BCUT2D eigenvalue weighted by molar-refractivity contribution is 5.19. The number of nitrogens with zero attached hydrogens (tertiary/aromatic N) is 4. The Balaban J connectivity index is 1.44. The van der Waals surface area contributed by atoms with Crippen molar-refractivity contribution < 1.29 is 9.26 Å². The SMILES string of the molecule is CCn1nccc1CCN1CCC(OCc2c(C)noc2C)C1. The van der Waals surface area contributed by atoms with Crippen LogP contribution in [-0.4, -0.2) is 45.6 Å². The molecule has 1 saturated heterocycles. The predicted molar refractivity (Wildman–Crippen MR) is 87.2 cm³/mol. The zero-order valence-corrected chi connectivity index (χ0v) is 14.3. The highest BCUT2D eigenvalue weighted by atomic mass is 16.5. The van der Waals surface area contributed by atoms with Gasteiger partial charge in [0.25, 0.3) is 0 Å².